The highest BCUT2D eigenvalue weighted by atomic mass is 32.1. The number of hydrogen-bond acceptors (Lipinski definition) is 7. The minimum absolute atomic E-state index is 0.0386. The van der Waals surface area contributed by atoms with Crippen LogP contribution in [-0.2, 0) is 15.1 Å². The minimum Gasteiger partial charge on any atom is -0.483 e. The summed E-state index contributed by atoms with van der Waals surface area (Å²) in [6.07, 6.45) is 1.22. The standard InChI is InChI=1S/C31H39FN4O4S/c1-35(2)31(24-9-4-3-5-10-24)15-19-36(20-16-31)23-29(37)34-25-11-6-7-12-26(25)40-27(28-13-8-22-41-28)14-21-39-30(38)33-18-17-32/h3-13,22,27H,14-21,23H2,1-2H3,(H,33,38)(H,34,37). The SMILES string of the molecule is CN(C)C1(c2ccccc2)CCN(CC(=O)Nc2ccccc2OC(CCOC(=O)NCCF)c2cccs2)CC1. The van der Waals surface area contributed by atoms with Crippen LogP contribution in [0.15, 0.2) is 72.1 Å². The van der Waals surface area contributed by atoms with Gasteiger partial charge in [-0.3, -0.25) is 14.6 Å². The minimum atomic E-state index is -0.662. The Morgan fingerprint density at radius 3 is 2.46 bits per heavy atom. The molecule has 41 heavy (non-hydrogen) atoms. The average molecular weight is 583 g/mol. The molecule has 1 aromatic heterocycles. The average Bonchev–Trinajstić information content (AvgIpc) is 3.52. The third kappa shape index (κ3) is 8.28. The first-order valence-corrected chi connectivity index (χ1v) is 14.8. The number of nitrogens with zero attached hydrogens (tertiary/aromatic N) is 2. The van der Waals surface area contributed by atoms with Gasteiger partial charge >= 0.3 is 6.09 Å². The number of alkyl carbamates (subject to hydrolysis) is 1. The maximum atomic E-state index is 13.1. The molecular formula is C31H39FN4O4S. The number of thiophene rings is 1. The van der Waals surface area contributed by atoms with Gasteiger partial charge in [0.1, 0.15) is 18.5 Å². The quantitative estimate of drug-likeness (QED) is 0.279. The zero-order valence-corrected chi connectivity index (χ0v) is 24.5. The molecule has 8 nitrogen and oxygen atoms in total. The third-order valence-electron chi connectivity index (χ3n) is 7.49. The zero-order chi connectivity index (χ0) is 29.1. The van der Waals surface area contributed by atoms with Crippen molar-refractivity contribution in [2.75, 3.05) is 58.9 Å². The van der Waals surface area contributed by atoms with Crippen molar-refractivity contribution in [1.29, 1.82) is 0 Å². The molecular weight excluding hydrogens is 543 g/mol. The molecule has 2 N–H and O–H groups in total. The molecule has 1 fully saturated rings. The molecule has 2 aromatic carbocycles. The fraction of sp³-hybridized carbons (Fsp3) is 0.419. The summed E-state index contributed by atoms with van der Waals surface area (Å²) in [4.78, 5) is 30.3. The normalized spacial score (nSPS) is 15.7. The number of benzene rings is 2. The van der Waals surface area contributed by atoms with Crippen molar-refractivity contribution in [1.82, 2.24) is 15.1 Å². The lowest BCUT2D eigenvalue weighted by molar-refractivity contribution is -0.118. The molecule has 10 heteroatoms. The number of anilines is 1. The second-order valence-corrected chi connectivity index (χ2v) is 11.3. The van der Waals surface area contributed by atoms with Crippen molar-refractivity contribution in [3.05, 3.63) is 82.6 Å². The van der Waals surface area contributed by atoms with Crippen molar-refractivity contribution < 1.29 is 23.5 Å². The smallest absolute Gasteiger partial charge is 0.407 e. The van der Waals surface area contributed by atoms with E-state index in [4.69, 9.17) is 9.47 Å². The van der Waals surface area contributed by atoms with E-state index in [1.807, 2.05) is 47.8 Å². The number of para-hydroxylation sites is 2. The van der Waals surface area contributed by atoms with Gasteiger partial charge in [-0.05, 0) is 56.1 Å². The summed E-state index contributed by atoms with van der Waals surface area (Å²) in [6, 6.07) is 21.8. The molecule has 0 saturated carbocycles. The molecule has 0 spiro atoms. The van der Waals surface area contributed by atoms with Crippen LogP contribution in [0.2, 0.25) is 0 Å². The van der Waals surface area contributed by atoms with Crippen LogP contribution >= 0.6 is 11.3 Å². The van der Waals surface area contributed by atoms with Gasteiger partial charge in [0, 0.05) is 36.5 Å². The van der Waals surface area contributed by atoms with Gasteiger partial charge in [-0.15, -0.1) is 11.3 Å². The number of ether oxygens (including phenoxy) is 2. The predicted molar refractivity (Wildman–Crippen MR) is 160 cm³/mol. The number of hydrogen-bond donors (Lipinski definition) is 2. The maximum Gasteiger partial charge on any atom is 0.407 e. The number of piperidine rings is 1. The summed E-state index contributed by atoms with van der Waals surface area (Å²) in [5, 5.41) is 7.34. The van der Waals surface area contributed by atoms with E-state index in [0.717, 1.165) is 30.8 Å². The van der Waals surface area contributed by atoms with Gasteiger partial charge in [0.15, 0.2) is 0 Å². The van der Waals surface area contributed by atoms with Crippen molar-refractivity contribution in [2.45, 2.75) is 30.9 Å². The molecule has 0 aliphatic carbocycles. The van der Waals surface area contributed by atoms with Gasteiger partial charge in [-0.1, -0.05) is 48.5 Å². The fourth-order valence-electron chi connectivity index (χ4n) is 5.24. The first-order valence-electron chi connectivity index (χ1n) is 13.9. The summed E-state index contributed by atoms with van der Waals surface area (Å²) >= 11 is 1.54. The zero-order valence-electron chi connectivity index (χ0n) is 23.7. The molecule has 0 bridgehead atoms. The van der Waals surface area contributed by atoms with Crippen molar-refractivity contribution >= 4 is 29.0 Å². The Labute approximate surface area is 245 Å². The highest BCUT2D eigenvalue weighted by Gasteiger charge is 2.38. The number of carbonyl (C=O) groups excluding carboxylic acids is 2. The highest BCUT2D eigenvalue weighted by Crippen LogP contribution is 2.37. The second kappa shape index (κ2) is 15.0. The highest BCUT2D eigenvalue weighted by molar-refractivity contribution is 7.10. The van der Waals surface area contributed by atoms with E-state index < -0.39 is 12.8 Å². The van der Waals surface area contributed by atoms with Crippen LogP contribution in [0.5, 0.6) is 5.75 Å². The molecule has 2 amide bonds. The number of amides is 2. The van der Waals surface area contributed by atoms with Gasteiger partial charge in [-0.25, -0.2) is 9.18 Å². The molecule has 1 unspecified atom stereocenters. The lowest BCUT2D eigenvalue weighted by Gasteiger charge is -2.46. The lowest BCUT2D eigenvalue weighted by Crippen LogP contribution is -2.51. The number of alkyl halides is 1. The molecule has 1 atom stereocenters. The summed E-state index contributed by atoms with van der Waals surface area (Å²) in [6.45, 7) is 1.29. The summed E-state index contributed by atoms with van der Waals surface area (Å²) in [5.41, 5.74) is 1.86. The number of nitrogens with one attached hydrogen (secondary N) is 2. The second-order valence-electron chi connectivity index (χ2n) is 10.3. The van der Waals surface area contributed by atoms with Crippen molar-refractivity contribution in [3.63, 3.8) is 0 Å². The predicted octanol–water partition coefficient (Wildman–Crippen LogP) is 5.45. The van der Waals surface area contributed by atoms with Gasteiger partial charge in [-0.2, -0.15) is 0 Å². The molecule has 1 saturated heterocycles. The van der Waals surface area contributed by atoms with Crippen LogP contribution in [0, 0.1) is 0 Å². The first-order chi connectivity index (χ1) is 19.9. The molecule has 4 rings (SSSR count). The van der Waals surface area contributed by atoms with Crippen molar-refractivity contribution in [2.24, 2.45) is 0 Å². The van der Waals surface area contributed by atoms with E-state index in [1.54, 1.807) is 0 Å². The van der Waals surface area contributed by atoms with E-state index in [-0.39, 0.29) is 30.7 Å². The molecule has 2 heterocycles. The number of likely N-dealkylation sites (tertiary alicyclic amines) is 1. The van der Waals surface area contributed by atoms with Crippen LogP contribution < -0.4 is 15.4 Å². The molecule has 220 valence electrons. The van der Waals surface area contributed by atoms with Gasteiger partial charge < -0.3 is 20.1 Å². The summed E-state index contributed by atoms with van der Waals surface area (Å²) in [7, 11) is 4.26. The Balaban J connectivity index is 1.35. The number of rotatable bonds is 13. The van der Waals surface area contributed by atoms with Gasteiger partial charge in [0.25, 0.3) is 0 Å². The Bertz CT molecular complexity index is 1230. The molecule has 1 aliphatic rings. The van der Waals surface area contributed by atoms with E-state index in [2.05, 4.69) is 58.8 Å². The third-order valence-corrected chi connectivity index (χ3v) is 8.45. The van der Waals surface area contributed by atoms with E-state index in [0.29, 0.717) is 24.4 Å². The first kappa shape index (κ1) is 30.5. The van der Waals surface area contributed by atoms with Crippen LogP contribution in [0.3, 0.4) is 0 Å². The van der Waals surface area contributed by atoms with Crippen LogP contribution in [-0.4, -0.2) is 75.4 Å². The van der Waals surface area contributed by atoms with Crippen LogP contribution in [0.25, 0.3) is 0 Å². The van der Waals surface area contributed by atoms with Crippen LogP contribution in [0.1, 0.15) is 35.8 Å². The van der Waals surface area contributed by atoms with Crippen molar-refractivity contribution in [3.8, 4) is 5.75 Å². The molecule has 3 aromatic rings. The van der Waals surface area contributed by atoms with Gasteiger partial charge in [0.2, 0.25) is 5.91 Å². The summed E-state index contributed by atoms with van der Waals surface area (Å²) < 4.78 is 23.8. The lowest BCUT2D eigenvalue weighted by atomic mass is 9.80. The van der Waals surface area contributed by atoms with Crippen LogP contribution in [0.4, 0.5) is 14.9 Å². The Kier molecular flexibility index (Phi) is 11.1. The Hall–Kier alpha value is -3.47. The monoisotopic (exact) mass is 582 g/mol. The Morgan fingerprint density at radius 1 is 1.05 bits per heavy atom. The Morgan fingerprint density at radius 2 is 1.78 bits per heavy atom. The maximum absolute atomic E-state index is 13.1. The van der Waals surface area contributed by atoms with E-state index in [1.165, 1.54) is 16.9 Å². The fourth-order valence-corrected chi connectivity index (χ4v) is 6.02. The van der Waals surface area contributed by atoms with Gasteiger partial charge in [0.05, 0.1) is 18.8 Å². The number of halogens is 1. The molecule has 1 aliphatic heterocycles. The topological polar surface area (TPSA) is 83.1 Å². The number of carbonyl (C=O) groups is 2. The summed E-state index contributed by atoms with van der Waals surface area (Å²) in [5.74, 6) is 0.439. The van der Waals surface area contributed by atoms with E-state index >= 15 is 0 Å². The molecule has 0 radical (unpaired) electrons. The largest absolute Gasteiger partial charge is 0.483 e. The van der Waals surface area contributed by atoms with E-state index in [9.17, 15) is 14.0 Å².